The Labute approximate surface area is 456 Å². The predicted octanol–water partition coefficient (Wildman–Crippen LogP) is 20.4. The van der Waals surface area contributed by atoms with Crippen LogP contribution in [0.15, 0.2) is 264 Å². The Hall–Kier alpha value is -8.20. The molecule has 0 radical (unpaired) electrons. The van der Waals surface area contributed by atoms with E-state index in [1.807, 2.05) is 0 Å². The Bertz CT molecular complexity index is 4010. The first-order valence-electron chi connectivity index (χ1n) is 28.1. The number of anilines is 3. The van der Waals surface area contributed by atoms with Gasteiger partial charge in [-0.25, -0.2) is 0 Å². The molecule has 2 unspecified atom stereocenters. The second-order valence-corrected chi connectivity index (χ2v) is 23.8. The largest absolute Gasteiger partial charge is 0.335 e. The van der Waals surface area contributed by atoms with Crippen molar-refractivity contribution < 1.29 is 0 Å². The summed E-state index contributed by atoms with van der Waals surface area (Å²) in [5.74, 6) is 0.131. The predicted molar refractivity (Wildman–Crippen MR) is 331 cm³/mol. The summed E-state index contributed by atoms with van der Waals surface area (Å²) in [6.07, 6.45) is 19.8. The van der Waals surface area contributed by atoms with Gasteiger partial charge in [-0.3, -0.25) is 0 Å². The highest BCUT2D eigenvalue weighted by Crippen LogP contribution is 2.56. The standard InChI is InChI=1S/C75H68N2/c1-74(2,3)52-33-37-56(38-34-52)76(54-23-9-7-10-24-54)58-41-44-66-67(45-42-58)73(70-48-51-22-14-16-28-61(51)63-30-18-20-32-65(63)70)71-49-59(77(55-25-11-8-12-26-55)57-39-35-53(36-40-57)75(4,5)6)43-46-68(71)72(66)69-47-50-21-13-15-27-60(50)62-29-17-19-31-64(62)69/h7-33,35-37,39-42,45,47-49,59,68H,34,38,43-44,46H2,1-6H3. The molecule has 2 heteroatoms. The molecule has 2 nitrogen and oxygen atoms in total. The highest BCUT2D eigenvalue weighted by Gasteiger charge is 2.40. The number of hydrogen-bond acceptors (Lipinski definition) is 2. The zero-order valence-electron chi connectivity index (χ0n) is 45.5. The van der Waals surface area contributed by atoms with Crippen LogP contribution in [0.2, 0.25) is 0 Å². The van der Waals surface area contributed by atoms with E-state index in [0.717, 1.165) is 32.1 Å². The van der Waals surface area contributed by atoms with Crippen LogP contribution < -0.4 is 9.80 Å². The molecule has 0 aromatic heterocycles. The highest BCUT2D eigenvalue weighted by molar-refractivity contribution is 6.17. The van der Waals surface area contributed by atoms with Gasteiger partial charge in [0, 0.05) is 34.4 Å². The number of allylic oxidation sites excluding steroid dienone is 12. The van der Waals surface area contributed by atoms with E-state index in [1.54, 1.807) is 0 Å². The van der Waals surface area contributed by atoms with E-state index >= 15 is 0 Å². The van der Waals surface area contributed by atoms with Crippen LogP contribution in [0.3, 0.4) is 0 Å². The van der Waals surface area contributed by atoms with Crippen molar-refractivity contribution in [2.45, 2.75) is 85.1 Å². The van der Waals surface area contributed by atoms with Gasteiger partial charge in [-0.05, 0) is 191 Å². The summed E-state index contributed by atoms with van der Waals surface area (Å²) in [5.41, 5.74) is 18.8. The van der Waals surface area contributed by atoms with Gasteiger partial charge < -0.3 is 9.80 Å². The number of rotatable bonds is 8. The van der Waals surface area contributed by atoms with E-state index in [9.17, 15) is 0 Å². The van der Waals surface area contributed by atoms with E-state index < -0.39 is 0 Å². The van der Waals surface area contributed by atoms with Crippen LogP contribution >= 0.6 is 0 Å². The van der Waals surface area contributed by atoms with Gasteiger partial charge in [-0.2, -0.15) is 0 Å². The molecule has 0 saturated heterocycles. The topological polar surface area (TPSA) is 6.48 Å². The minimum Gasteiger partial charge on any atom is -0.335 e. The minimum atomic E-state index is 0.0502. The minimum absolute atomic E-state index is 0.0502. The van der Waals surface area contributed by atoms with Crippen LogP contribution in [0.1, 0.15) is 90.3 Å². The van der Waals surface area contributed by atoms with Crippen molar-refractivity contribution in [3.63, 3.8) is 0 Å². The molecular weight excluding hydrogens is 929 g/mol. The van der Waals surface area contributed by atoms with Crippen LogP contribution in [-0.4, -0.2) is 6.04 Å². The van der Waals surface area contributed by atoms with E-state index in [2.05, 4.69) is 282 Å². The molecule has 4 aliphatic carbocycles. The van der Waals surface area contributed by atoms with E-state index in [-0.39, 0.29) is 22.8 Å². The van der Waals surface area contributed by atoms with Crippen molar-refractivity contribution in [2.24, 2.45) is 11.3 Å². The molecule has 0 bridgehead atoms. The Morgan fingerprint density at radius 1 is 0.468 bits per heavy atom. The first kappa shape index (κ1) is 48.4. The maximum Gasteiger partial charge on any atom is 0.0528 e. The molecule has 0 heterocycles. The molecule has 4 aliphatic rings. The highest BCUT2D eigenvalue weighted by atomic mass is 15.2. The number of para-hydroxylation sites is 2. The summed E-state index contributed by atoms with van der Waals surface area (Å²) in [6, 6.07) is 73.1. The van der Waals surface area contributed by atoms with Crippen molar-refractivity contribution in [1.82, 2.24) is 0 Å². The molecule has 9 aromatic carbocycles. The summed E-state index contributed by atoms with van der Waals surface area (Å²) < 4.78 is 0. The molecule has 0 saturated carbocycles. The fourth-order valence-corrected chi connectivity index (χ4v) is 13.3. The Kier molecular flexibility index (Phi) is 12.2. The molecule has 0 N–H and O–H groups in total. The molecule has 77 heavy (non-hydrogen) atoms. The first-order valence-corrected chi connectivity index (χ1v) is 28.1. The molecule has 0 spiro atoms. The average Bonchev–Trinajstić information content (AvgIpc) is 3.78. The maximum atomic E-state index is 2.71. The van der Waals surface area contributed by atoms with Gasteiger partial charge in [-0.1, -0.05) is 217 Å². The zero-order valence-corrected chi connectivity index (χ0v) is 45.5. The van der Waals surface area contributed by atoms with Crippen LogP contribution in [0.5, 0.6) is 0 Å². The fourth-order valence-electron chi connectivity index (χ4n) is 13.3. The van der Waals surface area contributed by atoms with E-state index in [4.69, 9.17) is 0 Å². The first-order chi connectivity index (χ1) is 37.5. The van der Waals surface area contributed by atoms with E-state index in [1.165, 1.54) is 122 Å². The third-order valence-electron chi connectivity index (χ3n) is 17.1. The third kappa shape index (κ3) is 8.78. The Morgan fingerprint density at radius 3 is 1.61 bits per heavy atom. The van der Waals surface area contributed by atoms with Gasteiger partial charge in [0.05, 0.1) is 6.04 Å². The van der Waals surface area contributed by atoms with Gasteiger partial charge in [0.1, 0.15) is 0 Å². The summed E-state index contributed by atoms with van der Waals surface area (Å²) >= 11 is 0. The lowest BCUT2D eigenvalue weighted by Gasteiger charge is -2.42. The SMILES string of the molecule is CC(C)(C)C1=CC=C(N(C2=CCC3=C(c4cc5ccccc5c5ccccc45)C4CCC(N(c5ccccc5)c5ccc(C(C)(C)C)cc5)C=C4C(c4cc5ccccc5c5ccccc45)=C3C=C2)c2ccccc2)CC1. The van der Waals surface area contributed by atoms with Crippen LogP contribution in [0.25, 0.3) is 54.2 Å². The molecule has 9 aromatic rings. The number of benzene rings is 9. The smallest absolute Gasteiger partial charge is 0.0528 e. The van der Waals surface area contributed by atoms with Crippen molar-refractivity contribution >= 4 is 71.3 Å². The van der Waals surface area contributed by atoms with Crippen molar-refractivity contribution in [3.8, 4) is 0 Å². The monoisotopic (exact) mass is 997 g/mol. The van der Waals surface area contributed by atoms with Crippen molar-refractivity contribution in [3.05, 3.63) is 281 Å². The van der Waals surface area contributed by atoms with Crippen LogP contribution in [-0.2, 0) is 5.41 Å². The lowest BCUT2D eigenvalue weighted by atomic mass is 9.65. The number of nitrogens with zero attached hydrogens (tertiary/aromatic N) is 2. The van der Waals surface area contributed by atoms with Crippen molar-refractivity contribution in [2.75, 3.05) is 9.80 Å². The van der Waals surface area contributed by atoms with Crippen LogP contribution in [0, 0.1) is 11.3 Å². The molecular formula is C75H68N2. The molecule has 0 aliphatic heterocycles. The number of hydrogen-bond donors (Lipinski definition) is 0. The quantitative estimate of drug-likeness (QED) is 0.140. The Morgan fingerprint density at radius 2 is 1.01 bits per heavy atom. The molecule has 2 atom stereocenters. The summed E-state index contributed by atoms with van der Waals surface area (Å²) in [7, 11) is 0. The summed E-state index contributed by atoms with van der Waals surface area (Å²) in [6.45, 7) is 14.0. The summed E-state index contributed by atoms with van der Waals surface area (Å²) in [5, 5.41) is 10.3. The maximum absolute atomic E-state index is 2.71. The second kappa shape index (κ2) is 19.4. The van der Waals surface area contributed by atoms with E-state index in [0.29, 0.717) is 0 Å². The third-order valence-corrected chi connectivity index (χ3v) is 17.1. The normalized spacial score (nSPS) is 17.9. The van der Waals surface area contributed by atoms with Crippen LogP contribution in [0.4, 0.5) is 17.1 Å². The number of fused-ring (bicyclic) bond motifs is 8. The van der Waals surface area contributed by atoms with Gasteiger partial charge in [-0.15, -0.1) is 0 Å². The van der Waals surface area contributed by atoms with Gasteiger partial charge in [0.15, 0.2) is 0 Å². The second-order valence-electron chi connectivity index (χ2n) is 23.8. The molecule has 13 rings (SSSR count). The Balaban J connectivity index is 1.12. The molecule has 0 amide bonds. The molecule has 0 fully saturated rings. The lowest BCUT2D eigenvalue weighted by Crippen LogP contribution is -2.35. The zero-order chi connectivity index (χ0) is 52.4. The van der Waals surface area contributed by atoms with Crippen molar-refractivity contribution in [1.29, 1.82) is 0 Å². The molecule has 378 valence electrons. The van der Waals surface area contributed by atoms with Gasteiger partial charge >= 0.3 is 0 Å². The van der Waals surface area contributed by atoms with Gasteiger partial charge in [0.25, 0.3) is 0 Å². The average molecular weight is 997 g/mol. The summed E-state index contributed by atoms with van der Waals surface area (Å²) in [4.78, 5) is 5.17. The lowest BCUT2D eigenvalue weighted by molar-refractivity contribution is 0.479. The van der Waals surface area contributed by atoms with Gasteiger partial charge in [0.2, 0.25) is 0 Å². The fraction of sp³-hybridized carbons (Fsp3) is 0.200.